The van der Waals surface area contributed by atoms with Gasteiger partial charge in [-0.15, -0.1) is 0 Å². The third kappa shape index (κ3) is 3.63. The molecule has 0 radical (unpaired) electrons. The number of nitriles is 1. The Morgan fingerprint density at radius 3 is 2.57 bits per heavy atom. The van der Waals surface area contributed by atoms with Gasteiger partial charge >= 0.3 is 6.18 Å². The van der Waals surface area contributed by atoms with Crippen molar-refractivity contribution in [1.82, 2.24) is 34.7 Å². The van der Waals surface area contributed by atoms with Crippen LogP contribution in [0.15, 0.2) is 41.6 Å². The molecule has 1 N–H and O–H groups in total. The van der Waals surface area contributed by atoms with Crippen molar-refractivity contribution in [2.75, 3.05) is 0 Å². The fourth-order valence-corrected chi connectivity index (χ4v) is 4.54. The van der Waals surface area contributed by atoms with E-state index in [1.807, 2.05) is 13.0 Å². The molecule has 0 spiro atoms. The van der Waals surface area contributed by atoms with Crippen molar-refractivity contribution >= 4 is 11.0 Å². The maximum absolute atomic E-state index is 13.1. The average molecular weight is 480 g/mol. The molecule has 0 aromatic carbocycles. The lowest BCUT2D eigenvalue weighted by Crippen LogP contribution is -2.43. The molecule has 4 aromatic heterocycles. The van der Waals surface area contributed by atoms with Crippen molar-refractivity contribution in [2.45, 2.75) is 50.2 Å². The molecule has 4 heterocycles. The summed E-state index contributed by atoms with van der Waals surface area (Å²) >= 11 is 0. The molecule has 0 unspecified atom stereocenters. The second-order valence-corrected chi connectivity index (χ2v) is 8.78. The fraction of sp³-hybridized carbons (Fsp3) is 0.348. The van der Waals surface area contributed by atoms with Gasteiger partial charge in [-0.05, 0) is 37.5 Å². The van der Waals surface area contributed by atoms with Gasteiger partial charge in [0.2, 0.25) is 0 Å². The summed E-state index contributed by atoms with van der Waals surface area (Å²) in [5.41, 5.74) is -1.59. The number of aromatic amines is 1. The van der Waals surface area contributed by atoms with Gasteiger partial charge in [0.25, 0.3) is 5.56 Å². The predicted molar refractivity (Wildman–Crippen MR) is 117 cm³/mol. The third-order valence-corrected chi connectivity index (χ3v) is 6.75. The predicted octanol–water partition coefficient (Wildman–Crippen LogP) is 3.64. The van der Waals surface area contributed by atoms with Gasteiger partial charge in [-0.1, -0.05) is 13.0 Å². The zero-order valence-corrected chi connectivity index (χ0v) is 18.7. The van der Waals surface area contributed by atoms with Gasteiger partial charge in [-0.2, -0.15) is 23.5 Å². The van der Waals surface area contributed by atoms with Crippen molar-refractivity contribution in [3.63, 3.8) is 0 Å². The number of pyridine rings is 1. The minimum absolute atomic E-state index is 0.0263. The van der Waals surface area contributed by atoms with Crippen LogP contribution in [0.1, 0.15) is 67.2 Å². The number of hydrogen-bond acceptors (Lipinski definition) is 7. The fourth-order valence-electron chi connectivity index (χ4n) is 4.54. The minimum atomic E-state index is -4.56. The maximum atomic E-state index is 13.1. The standard InChI is InChI=1S/C23H19F3N8O/c1-12(13-4-5-16(30-11-13)23(24,25)26)34-19-17(15(10-27)33-34)20(35)32-21(31-19)22(2)7-6-14(22)18-28-8-3-9-29-18/h3-5,8-9,11-12,14H,6-7H2,1-2H3,(H,31,32,35)/t12-,14-,22+/m0/s1. The van der Waals surface area contributed by atoms with Crippen LogP contribution in [-0.2, 0) is 11.6 Å². The second-order valence-electron chi connectivity index (χ2n) is 8.78. The first kappa shape index (κ1) is 22.6. The Morgan fingerprint density at radius 1 is 1.26 bits per heavy atom. The first-order valence-corrected chi connectivity index (χ1v) is 10.9. The highest BCUT2D eigenvalue weighted by Gasteiger charge is 2.48. The summed E-state index contributed by atoms with van der Waals surface area (Å²) in [5.74, 6) is 1.01. The highest BCUT2D eigenvalue weighted by molar-refractivity contribution is 5.80. The van der Waals surface area contributed by atoms with Crippen LogP contribution in [0.3, 0.4) is 0 Å². The van der Waals surface area contributed by atoms with Crippen LogP contribution in [0.2, 0.25) is 0 Å². The van der Waals surface area contributed by atoms with E-state index in [0.717, 1.165) is 25.1 Å². The molecular weight excluding hydrogens is 461 g/mol. The van der Waals surface area contributed by atoms with Crippen LogP contribution >= 0.6 is 0 Å². The molecule has 0 aliphatic heterocycles. The van der Waals surface area contributed by atoms with Crippen molar-refractivity contribution < 1.29 is 13.2 Å². The number of halogens is 3. The van der Waals surface area contributed by atoms with E-state index in [2.05, 4.69) is 25.0 Å². The molecule has 178 valence electrons. The first-order valence-electron chi connectivity index (χ1n) is 10.9. The topological polar surface area (TPSA) is 126 Å². The van der Waals surface area contributed by atoms with E-state index in [9.17, 15) is 23.2 Å². The van der Waals surface area contributed by atoms with Crippen molar-refractivity contribution in [3.05, 3.63) is 75.7 Å². The number of nitrogens with zero attached hydrogens (tertiary/aromatic N) is 7. The Morgan fingerprint density at radius 2 is 2.00 bits per heavy atom. The summed E-state index contributed by atoms with van der Waals surface area (Å²) in [4.78, 5) is 32.8. The van der Waals surface area contributed by atoms with Gasteiger partial charge in [0.15, 0.2) is 11.3 Å². The number of H-pyrrole nitrogens is 1. The average Bonchev–Trinajstić information content (AvgIpc) is 3.22. The minimum Gasteiger partial charge on any atom is -0.309 e. The molecule has 9 nitrogen and oxygen atoms in total. The molecule has 1 aliphatic rings. The smallest absolute Gasteiger partial charge is 0.309 e. The Labute approximate surface area is 196 Å². The molecular formula is C23H19F3N8O. The molecule has 1 aliphatic carbocycles. The number of nitrogens with one attached hydrogen (secondary N) is 1. The van der Waals surface area contributed by atoms with Gasteiger partial charge in [0.1, 0.15) is 28.8 Å². The van der Waals surface area contributed by atoms with Crippen molar-refractivity contribution in [3.8, 4) is 6.07 Å². The van der Waals surface area contributed by atoms with Gasteiger partial charge < -0.3 is 4.98 Å². The highest BCUT2D eigenvalue weighted by Crippen LogP contribution is 2.52. The normalized spacial score (nSPS) is 20.9. The third-order valence-electron chi connectivity index (χ3n) is 6.75. The lowest BCUT2D eigenvalue weighted by atomic mass is 9.60. The lowest BCUT2D eigenvalue weighted by Gasteiger charge is -2.45. The Bertz CT molecular complexity index is 1500. The number of hydrogen-bond donors (Lipinski definition) is 1. The summed E-state index contributed by atoms with van der Waals surface area (Å²) in [7, 11) is 0. The van der Waals surface area contributed by atoms with Crippen LogP contribution in [0.25, 0.3) is 11.0 Å². The molecule has 12 heteroatoms. The molecule has 0 amide bonds. The van der Waals surface area contributed by atoms with E-state index in [1.165, 1.54) is 10.7 Å². The highest BCUT2D eigenvalue weighted by atomic mass is 19.4. The molecule has 3 atom stereocenters. The molecule has 0 saturated heterocycles. The van der Waals surface area contributed by atoms with Crippen molar-refractivity contribution in [2.24, 2.45) is 0 Å². The monoisotopic (exact) mass is 480 g/mol. The zero-order chi connectivity index (χ0) is 25.0. The van der Waals surface area contributed by atoms with E-state index >= 15 is 0 Å². The molecule has 1 saturated carbocycles. The Balaban J connectivity index is 1.61. The van der Waals surface area contributed by atoms with E-state index in [0.29, 0.717) is 17.2 Å². The van der Waals surface area contributed by atoms with Crippen LogP contribution in [0, 0.1) is 11.3 Å². The summed E-state index contributed by atoms with van der Waals surface area (Å²) in [6.45, 7) is 3.66. The van der Waals surface area contributed by atoms with E-state index in [4.69, 9.17) is 4.98 Å². The van der Waals surface area contributed by atoms with E-state index in [1.54, 1.807) is 25.4 Å². The van der Waals surface area contributed by atoms with Gasteiger partial charge in [0.05, 0.1) is 6.04 Å². The molecule has 0 bridgehead atoms. The number of fused-ring (bicyclic) bond motifs is 1. The van der Waals surface area contributed by atoms with E-state index < -0.39 is 28.9 Å². The van der Waals surface area contributed by atoms with Crippen LogP contribution in [0.4, 0.5) is 13.2 Å². The van der Waals surface area contributed by atoms with Crippen molar-refractivity contribution in [1.29, 1.82) is 5.26 Å². The maximum Gasteiger partial charge on any atom is 0.433 e. The van der Waals surface area contributed by atoms with Gasteiger partial charge in [-0.3, -0.25) is 9.78 Å². The van der Waals surface area contributed by atoms with Gasteiger partial charge in [-0.25, -0.2) is 19.6 Å². The SMILES string of the molecule is C[C@@H](c1ccc(C(F)(F)F)nc1)n1nc(C#N)c2c(=O)[nH]c([C@]3(C)CC[C@H]3c3ncccn3)nc21. The molecule has 1 fully saturated rings. The van der Waals surface area contributed by atoms with Crippen LogP contribution < -0.4 is 5.56 Å². The largest absolute Gasteiger partial charge is 0.433 e. The van der Waals surface area contributed by atoms with Crippen LogP contribution in [-0.4, -0.2) is 34.7 Å². The number of rotatable bonds is 4. The molecule has 4 aromatic rings. The summed E-state index contributed by atoms with van der Waals surface area (Å²) in [5, 5.41) is 13.9. The lowest BCUT2D eigenvalue weighted by molar-refractivity contribution is -0.141. The Hall–Kier alpha value is -4.14. The summed E-state index contributed by atoms with van der Waals surface area (Å²) in [6, 6.07) is 5.18. The number of alkyl halides is 3. The molecule has 5 rings (SSSR count). The van der Waals surface area contributed by atoms with Crippen LogP contribution in [0.5, 0.6) is 0 Å². The second kappa shape index (κ2) is 7.97. The summed E-state index contributed by atoms with van der Waals surface area (Å²) < 4.78 is 40.1. The van der Waals surface area contributed by atoms with E-state index in [-0.39, 0.29) is 22.6 Å². The molecule has 35 heavy (non-hydrogen) atoms. The van der Waals surface area contributed by atoms with Gasteiger partial charge in [0, 0.05) is 29.9 Å². The number of aromatic nitrogens is 7. The quantitative estimate of drug-likeness (QED) is 0.473. The summed E-state index contributed by atoms with van der Waals surface area (Å²) in [6.07, 6.45) is 1.43. The first-order chi connectivity index (χ1) is 16.6. The Kier molecular flexibility index (Phi) is 5.16. The zero-order valence-electron chi connectivity index (χ0n) is 18.7.